The number of ether oxygens (including phenoxy) is 2. The molecule has 0 unspecified atom stereocenters. The lowest BCUT2D eigenvalue weighted by molar-refractivity contribution is -0.289. The second-order valence-corrected chi connectivity index (χ2v) is 6.17. The quantitative estimate of drug-likeness (QED) is 0.608. The molecule has 3 saturated heterocycles. The number of esters is 1. The monoisotopic (exact) mass is 224 g/mol. The Morgan fingerprint density at radius 1 is 1.50 bits per heavy atom. The minimum atomic E-state index is -0.640. The Labute approximate surface area is 93.9 Å². The lowest BCUT2D eigenvalue weighted by Crippen LogP contribution is -2.69. The average molecular weight is 224 g/mol. The lowest BCUT2D eigenvalue weighted by Gasteiger charge is -2.62. The predicted octanol–water partition coefficient (Wildman–Crippen LogP) is 0.478. The maximum atomic E-state index is 12.0. The highest BCUT2D eigenvalue weighted by Crippen LogP contribution is 2.64. The van der Waals surface area contributed by atoms with Crippen LogP contribution in [0, 0.1) is 17.3 Å². The van der Waals surface area contributed by atoms with Gasteiger partial charge in [0.1, 0.15) is 5.41 Å². The summed E-state index contributed by atoms with van der Waals surface area (Å²) < 4.78 is 11.3. The first-order valence-corrected chi connectivity index (χ1v) is 6.08. The van der Waals surface area contributed by atoms with Crippen LogP contribution in [0.15, 0.2) is 0 Å². The Balaban J connectivity index is 1.89. The van der Waals surface area contributed by atoms with Gasteiger partial charge in [-0.05, 0) is 32.1 Å². The third-order valence-corrected chi connectivity index (χ3v) is 5.19. The van der Waals surface area contributed by atoms with Crippen molar-refractivity contribution in [2.45, 2.75) is 44.0 Å². The zero-order valence-electron chi connectivity index (χ0n) is 9.31. The van der Waals surface area contributed by atoms with Gasteiger partial charge in [0.05, 0.1) is 24.4 Å². The van der Waals surface area contributed by atoms with Gasteiger partial charge in [0.25, 0.3) is 0 Å². The largest absolute Gasteiger partial charge is 0.465 e. The van der Waals surface area contributed by atoms with Crippen molar-refractivity contribution in [2.75, 3.05) is 6.61 Å². The van der Waals surface area contributed by atoms with E-state index >= 15 is 0 Å². The fourth-order valence-electron chi connectivity index (χ4n) is 4.73. The van der Waals surface area contributed by atoms with Crippen LogP contribution in [0.4, 0.5) is 0 Å². The van der Waals surface area contributed by atoms with E-state index in [1.807, 2.05) is 0 Å². The van der Waals surface area contributed by atoms with Gasteiger partial charge in [-0.1, -0.05) is 0 Å². The number of carbonyl (C=O) groups is 1. The fraction of sp³-hybridized carbons (Fsp3) is 0.917. The molecule has 5 aliphatic rings. The molecule has 5 rings (SSSR count). The second-order valence-electron chi connectivity index (χ2n) is 6.17. The van der Waals surface area contributed by atoms with Crippen LogP contribution in [0.5, 0.6) is 0 Å². The number of carbonyl (C=O) groups excluding carboxylic acids is 1. The van der Waals surface area contributed by atoms with Crippen molar-refractivity contribution < 1.29 is 19.4 Å². The molecule has 3 heterocycles. The van der Waals surface area contributed by atoms with Crippen LogP contribution >= 0.6 is 0 Å². The third-order valence-electron chi connectivity index (χ3n) is 5.19. The molecule has 4 heteroatoms. The van der Waals surface area contributed by atoms with Crippen molar-refractivity contribution in [3.63, 3.8) is 0 Å². The van der Waals surface area contributed by atoms with Gasteiger partial charge in [-0.25, -0.2) is 0 Å². The molecule has 0 amide bonds. The van der Waals surface area contributed by atoms with Gasteiger partial charge >= 0.3 is 5.97 Å². The standard InChI is InChI=1S/C12H16O4/c1-11-3-6-2-8(16-11)7-4-15-10(14)12(7,5-11)9(6)13/h6-9,13H,2-5H2,1H3/t6-,7+,8-,9-,11+,12+/m1/s1. The third kappa shape index (κ3) is 0.810. The summed E-state index contributed by atoms with van der Waals surface area (Å²) in [6.45, 7) is 2.50. The van der Waals surface area contributed by atoms with Crippen LogP contribution in [0.1, 0.15) is 26.2 Å². The molecule has 88 valence electrons. The molecule has 0 aromatic carbocycles. The van der Waals surface area contributed by atoms with Crippen molar-refractivity contribution >= 4 is 5.97 Å². The number of aliphatic hydroxyl groups is 1. The molecule has 0 radical (unpaired) electrons. The Kier molecular flexibility index (Phi) is 1.45. The van der Waals surface area contributed by atoms with Gasteiger partial charge in [0, 0.05) is 5.92 Å². The molecular formula is C12H16O4. The summed E-state index contributed by atoms with van der Waals surface area (Å²) in [7, 11) is 0. The Morgan fingerprint density at radius 3 is 3.12 bits per heavy atom. The van der Waals surface area contributed by atoms with E-state index in [2.05, 4.69) is 6.92 Å². The topological polar surface area (TPSA) is 55.8 Å². The molecule has 1 spiro atoms. The first-order valence-electron chi connectivity index (χ1n) is 6.08. The number of hydrogen-bond donors (Lipinski definition) is 1. The van der Waals surface area contributed by atoms with E-state index in [1.165, 1.54) is 0 Å². The molecule has 2 saturated carbocycles. The van der Waals surface area contributed by atoms with Gasteiger partial charge in [-0.2, -0.15) is 0 Å². The number of hydrogen-bond acceptors (Lipinski definition) is 4. The first kappa shape index (κ1) is 9.42. The smallest absolute Gasteiger partial charge is 0.315 e. The Hall–Kier alpha value is -0.610. The summed E-state index contributed by atoms with van der Waals surface area (Å²) in [6, 6.07) is 0. The van der Waals surface area contributed by atoms with Crippen molar-refractivity contribution in [1.82, 2.24) is 0 Å². The summed E-state index contributed by atoms with van der Waals surface area (Å²) in [4.78, 5) is 12.0. The second kappa shape index (κ2) is 2.46. The van der Waals surface area contributed by atoms with Gasteiger partial charge in [-0.3, -0.25) is 4.79 Å². The molecule has 0 aromatic heterocycles. The van der Waals surface area contributed by atoms with Crippen molar-refractivity contribution in [1.29, 1.82) is 0 Å². The van der Waals surface area contributed by atoms with Gasteiger partial charge < -0.3 is 14.6 Å². The van der Waals surface area contributed by atoms with Gasteiger partial charge in [0.15, 0.2) is 0 Å². The minimum absolute atomic E-state index is 0.0830. The molecule has 16 heavy (non-hydrogen) atoms. The van der Waals surface area contributed by atoms with E-state index in [4.69, 9.17) is 9.47 Å². The number of cyclic esters (lactones) is 1. The molecule has 2 aliphatic carbocycles. The lowest BCUT2D eigenvalue weighted by atomic mass is 9.49. The Bertz CT molecular complexity index is 381. The molecular weight excluding hydrogens is 208 g/mol. The molecule has 4 nitrogen and oxygen atoms in total. The highest BCUT2D eigenvalue weighted by atomic mass is 16.6. The highest BCUT2D eigenvalue weighted by molar-refractivity contribution is 5.81. The highest BCUT2D eigenvalue weighted by Gasteiger charge is 2.72. The first-order chi connectivity index (χ1) is 7.55. The minimum Gasteiger partial charge on any atom is -0.465 e. The average Bonchev–Trinajstić information content (AvgIpc) is 2.53. The van der Waals surface area contributed by atoms with Crippen LogP contribution in [0.25, 0.3) is 0 Å². The fourth-order valence-corrected chi connectivity index (χ4v) is 4.73. The summed E-state index contributed by atoms with van der Waals surface area (Å²) in [5, 5.41) is 10.4. The summed E-state index contributed by atoms with van der Waals surface area (Å²) >= 11 is 0. The van der Waals surface area contributed by atoms with Crippen molar-refractivity contribution in [3.05, 3.63) is 0 Å². The van der Waals surface area contributed by atoms with E-state index in [0.29, 0.717) is 13.0 Å². The summed E-state index contributed by atoms with van der Waals surface area (Å²) in [5.74, 6) is 0.118. The zero-order chi connectivity index (χ0) is 11.1. The maximum Gasteiger partial charge on any atom is 0.315 e. The zero-order valence-corrected chi connectivity index (χ0v) is 9.31. The molecule has 0 aromatic rings. The molecule has 3 aliphatic heterocycles. The van der Waals surface area contributed by atoms with Crippen LogP contribution in [0.3, 0.4) is 0 Å². The molecule has 1 N–H and O–H groups in total. The van der Waals surface area contributed by atoms with Crippen LogP contribution in [-0.2, 0) is 14.3 Å². The van der Waals surface area contributed by atoms with E-state index in [9.17, 15) is 9.90 Å². The van der Waals surface area contributed by atoms with Gasteiger partial charge in [0.2, 0.25) is 0 Å². The van der Waals surface area contributed by atoms with Crippen LogP contribution in [-0.4, -0.2) is 35.5 Å². The van der Waals surface area contributed by atoms with Crippen molar-refractivity contribution in [2.24, 2.45) is 17.3 Å². The van der Waals surface area contributed by atoms with Crippen LogP contribution < -0.4 is 0 Å². The maximum absolute atomic E-state index is 12.0. The van der Waals surface area contributed by atoms with E-state index in [0.717, 1.165) is 12.8 Å². The number of aliphatic hydroxyl groups excluding tert-OH is 1. The van der Waals surface area contributed by atoms with Crippen molar-refractivity contribution in [3.8, 4) is 0 Å². The summed E-state index contributed by atoms with van der Waals surface area (Å²) in [5.41, 5.74) is -0.856. The molecule has 6 atom stereocenters. The molecule has 4 bridgehead atoms. The SMILES string of the molecule is C[C@@]12C[C@H]3C[C@@H](O1)[C@@H]1COC(=O)[C@]1(C2)[C@@H]3O. The van der Waals surface area contributed by atoms with E-state index in [1.54, 1.807) is 0 Å². The molecule has 5 fully saturated rings. The van der Waals surface area contributed by atoms with E-state index < -0.39 is 11.5 Å². The normalized spacial score (nSPS) is 62.2. The van der Waals surface area contributed by atoms with E-state index in [-0.39, 0.29) is 29.5 Å². The predicted molar refractivity (Wildman–Crippen MR) is 53.5 cm³/mol. The number of rotatable bonds is 0. The summed E-state index contributed by atoms with van der Waals surface area (Å²) in [6.07, 6.45) is 2.01. The van der Waals surface area contributed by atoms with Gasteiger partial charge in [-0.15, -0.1) is 0 Å². The Morgan fingerprint density at radius 2 is 2.31 bits per heavy atom. The van der Waals surface area contributed by atoms with Crippen LogP contribution in [0.2, 0.25) is 0 Å².